The zero-order chi connectivity index (χ0) is 24.0. The molecule has 2 amide bonds. The molecule has 0 saturated carbocycles. The van der Waals surface area contributed by atoms with E-state index < -0.39 is 23.9 Å². The molecule has 0 aliphatic carbocycles. The zero-order valence-corrected chi connectivity index (χ0v) is 19.4. The van der Waals surface area contributed by atoms with Gasteiger partial charge in [-0.3, -0.25) is 14.6 Å². The number of halogens is 1. The molecule has 1 aromatic rings. The number of ether oxygens (including phenoxy) is 2. The van der Waals surface area contributed by atoms with E-state index in [0.717, 1.165) is 0 Å². The van der Waals surface area contributed by atoms with Gasteiger partial charge in [0.05, 0.1) is 30.7 Å². The van der Waals surface area contributed by atoms with E-state index in [1.165, 1.54) is 11.0 Å². The average molecular weight is 462 g/mol. The zero-order valence-electron chi connectivity index (χ0n) is 19.4. The SMILES string of the molecule is CCOC(=O)C1=C(CN2CCC(C(=O)OCC)CC2)N(CC)C(=O)NC1c1ccccc1F. The van der Waals surface area contributed by atoms with E-state index in [4.69, 9.17) is 9.47 Å². The van der Waals surface area contributed by atoms with E-state index in [-0.39, 0.29) is 29.6 Å². The third-order valence-electron chi connectivity index (χ3n) is 6.05. The fraction of sp³-hybridized carbons (Fsp3) is 0.542. The van der Waals surface area contributed by atoms with Crippen molar-refractivity contribution in [3.8, 4) is 0 Å². The van der Waals surface area contributed by atoms with Gasteiger partial charge in [0, 0.05) is 24.4 Å². The number of amides is 2. The molecule has 0 radical (unpaired) electrons. The molecule has 2 aliphatic rings. The quantitative estimate of drug-likeness (QED) is 0.599. The van der Waals surface area contributed by atoms with Crippen LogP contribution in [0.1, 0.15) is 45.2 Å². The number of likely N-dealkylation sites (tertiary alicyclic amines) is 1. The summed E-state index contributed by atoms with van der Waals surface area (Å²) in [7, 11) is 0. The Balaban J connectivity index is 1.94. The molecule has 0 spiro atoms. The number of rotatable bonds is 8. The number of carbonyl (C=O) groups is 3. The number of piperidine rings is 1. The molecular weight excluding hydrogens is 429 g/mol. The fourth-order valence-electron chi connectivity index (χ4n) is 4.40. The fourth-order valence-corrected chi connectivity index (χ4v) is 4.40. The standard InChI is InChI=1S/C24H32FN3O5/c1-4-28-19(15-27-13-11-16(12-14-27)22(29)32-5-2)20(23(30)33-6-3)21(26-24(28)31)17-9-7-8-10-18(17)25/h7-10,16,21H,4-6,11-15H2,1-3H3,(H,26,31). The second-order valence-electron chi connectivity index (χ2n) is 8.03. The molecule has 2 aliphatic heterocycles. The number of nitrogens with one attached hydrogen (secondary N) is 1. The van der Waals surface area contributed by atoms with Gasteiger partial charge in [-0.1, -0.05) is 18.2 Å². The summed E-state index contributed by atoms with van der Waals surface area (Å²) >= 11 is 0. The molecular formula is C24H32FN3O5. The van der Waals surface area contributed by atoms with Crippen LogP contribution in [0.15, 0.2) is 35.5 Å². The number of carbonyl (C=O) groups excluding carboxylic acids is 3. The monoisotopic (exact) mass is 461 g/mol. The van der Waals surface area contributed by atoms with Crippen LogP contribution in [0.4, 0.5) is 9.18 Å². The molecule has 180 valence electrons. The number of nitrogens with zero attached hydrogens (tertiary/aromatic N) is 2. The summed E-state index contributed by atoms with van der Waals surface area (Å²) in [6.45, 7) is 7.71. The third-order valence-corrected chi connectivity index (χ3v) is 6.05. The van der Waals surface area contributed by atoms with Gasteiger partial charge in [0.15, 0.2) is 0 Å². The minimum Gasteiger partial charge on any atom is -0.466 e. The third kappa shape index (κ3) is 5.52. The lowest BCUT2D eigenvalue weighted by Crippen LogP contribution is -2.51. The molecule has 3 rings (SSSR count). The van der Waals surface area contributed by atoms with Gasteiger partial charge in [-0.25, -0.2) is 14.0 Å². The van der Waals surface area contributed by atoms with Gasteiger partial charge < -0.3 is 14.8 Å². The van der Waals surface area contributed by atoms with E-state index in [2.05, 4.69) is 10.2 Å². The predicted octanol–water partition coefficient (Wildman–Crippen LogP) is 3.00. The Kier molecular flexibility index (Phi) is 8.43. The van der Waals surface area contributed by atoms with Crippen molar-refractivity contribution < 1.29 is 28.2 Å². The molecule has 1 saturated heterocycles. The predicted molar refractivity (Wildman–Crippen MR) is 120 cm³/mol. The molecule has 0 bridgehead atoms. The summed E-state index contributed by atoms with van der Waals surface area (Å²) in [5.41, 5.74) is 0.946. The number of likely N-dealkylation sites (N-methyl/N-ethyl adjacent to an activating group) is 1. The van der Waals surface area contributed by atoms with Gasteiger partial charge in [0.2, 0.25) is 0 Å². The van der Waals surface area contributed by atoms with Crippen LogP contribution in [0, 0.1) is 11.7 Å². The summed E-state index contributed by atoms with van der Waals surface area (Å²) in [5.74, 6) is -1.43. The van der Waals surface area contributed by atoms with Crippen molar-refractivity contribution in [1.29, 1.82) is 0 Å². The Morgan fingerprint density at radius 3 is 2.36 bits per heavy atom. The van der Waals surface area contributed by atoms with Crippen molar-refractivity contribution in [1.82, 2.24) is 15.1 Å². The van der Waals surface area contributed by atoms with Crippen molar-refractivity contribution in [2.24, 2.45) is 5.92 Å². The second-order valence-corrected chi connectivity index (χ2v) is 8.03. The first kappa shape index (κ1) is 24.7. The Labute approximate surface area is 193 Å². The lowest BCUT2D eigenvalue weighted by molar-refractivity contribution is -0.149. The molecule has 9 heteroatoms. The van der Waals surface area contributed by atoms with Crippen LogP contribution in [0.2, 0.25) is 0 Å². The van der Waals surface area contributed by atoms with Crippen LogP contribution in [-0.2, 0) is 19.1 Å². The highest BCUT2D eigenvalue weighted by atomic mass is 19.1. The highest BCUT2D eigenvalue weighted by Gasteiger charge is 2.39. The van der Waals surface area contributed by atoms with Crippen molar-refractivity contribution in [2.75, 3.05) is 39.4 Å². The average Bonchev–Trinajstić information content (AvgIpc) is 2.80. The topological polar surface area (TPSA) is 88.2 Å². The maximum Gasteiger partial charge on any atom is 0.338 e. The highest BCUT2D eigenvalue weighted by molar-refractivity contribution is 5.95. The van der Waals surface area contributed by atoms with Gasteiger partial charge >= 0.3 is 18.0 Å². The van der Waals surface area contributed by atoms with Crippen LogP contribution >= 0.6 is 0 Å². The number of urea groups is 1. The van der Waals surface area contributed by atoms with Crippen molar-refractivity contribution >= 4 is 18.0 Å². The van der Waals surface area contributed by atoms with Crippen LogP contribution in [0.25, 0.3) is 0 Å². The van der Waals surface area contributed by atoms with E-state index in [1.807, 2.05) is 6.92 Å². The number of hydrogen-bond donors (Lipinski definition) is 1. The lowest BCUT2D eigenvalue weighted by Gasteiger charge is -2.39. The number of benzene rings is 1. The summed E-state index contributed by atoms with van der Waals surface area (Å²) in [6.07, 6.45) is 1.27. The van der Waals surface area contributed by atoms with Gasteiger partial charge in [-0.15, -0.1) is 0 Å². The van der Waals surface area contributed by atoms with Crippen molar-refractivity contribution in [3.05, 3.63) is 46.9 Å². The minimum absolute atomic E-state index is 0.150. The molecule has 1 atom stereocenters. The number of hydrogen-bond acceptors (Lipinski definition) is 6. The van der Waals surface area contributed by atoms with Gasteiger partial charge in [-0.2, -0.15) is 0 Å². The maximum atomic E-state index is 14.7. The summed E-state index contributed by atoms with van der Waals surface area (Å²) in [5, 5.41) is 2.78. The molecule has 1 N–H and O–H groups in total. The Hall–Kier alpha value is -2.94. The maximum absolute atomic E-state index is 14.7. The van der Waals surface area contributed by atoms with Crippen molar-refractivity contribution in [3.63, 3.8) is 0 Å². The van der Waals surface area contributed by atoms with Crippen molar-refractivity contribution in [2.45, 2.75) is 39.7 Å². The first-order chi connectivity index (χ1) is 15.9. The first-order valence-electron chi connectivity index (χ1n) is 11.5. The largest absolute Gasteiger partial charge is 0.466 e. The van der Waals surface area contributed by atoms with Gasteiger partial charge in [-0.05, 0) is 52.8 Å². The Morgan fingerprint density at radius 2 is 1.76 bits per heavy atom. The van der Waals surface area contributed by atoms with Gasteiger partial charge in [0.25, 0.3) is 0 Å². The number of esters is 2. The van der Waals surface area contributed by atoms with Crippen LogP contribution in [0.5, 0.6) is 0 Å². The van der Waals surface area contributed by atoms with E-state index in [1.54, 1.807) is 32.0 Å². The van der Waals surface area contributed by atoms with Crippen LogP contribution in [0.3, 0.4) is 0 Å². The second kappa shape index (κ2) is 11.3. The van der Waals surface area contributed by atoms with E-state index in [9.17, 15) is 18.8 Å². The van der Waals surface area contributed by atoms with E-state index in [0.29, 0.717) is 51.3 Å². The Morgan fingerprint density at radius 1 is 1.09 bits per heavy atom. The minimum atomic E-state index is -0.951. The molecule has 1 fully saturated rings. The smallest absolute Gasteiger partial charge is 0.338 e. The Bertz CT molecular complexity index is 911. The normalized spacial score (nSPS) is 19.9. The van der Waals surface area contributed by atoms with E-state index >= 15 is 0 Å². The molecule has 1 unspecified atom stereocenters. The molecule has 1 aromatic carbocycles. The molecule has 8 nitrogen and oxygen atoms in total. The van der Waals surface area contributed by atoms with Crippen LogP contribution < -0.4 is 5.32 Å². The molecule has 2 heterocycles. The first-order valence-corrected chi connectivity index (χ1v) is 11.5. The highest BCUT2D eigenvalue weighted by Crippen LogP contribution is 2.33. The summed E-state index contributed by atoms with van der Waals surface area (Å²) in [6, 6.07) is 4.74. The molecule has 33 heavy (non-hydrogen) atoms. The molecule has 0 aromatic heterocycles. The summed E-state index contributed by atoms with van der Waals surface area (Å²) < 4.78 is 25.1. The summed E-state index contributed by atoms with van der Waals surface area (Å²) in [4.78, 5) is 41.7. The lowest BCUT2D eigenvalue weighted by atomic mass is 9.92. The van der Waals surface area contributed by atoms with Crippen LogP contribution in [-0.4, -0.2) is 67.2 Å². The van der Waals surface area contributed by atoms with Gasteiger partial charge in [0.1, 0.15) is 5.82 Å².